The molecular formula is C9H9O2Zn-. The van der Waals surface area contributed by atoms with E-state index < -0.39 is 0 Å². The zero-order valence-corrected chi connectivity index (χ0v) is 9.97. The van der Waals surface area contributed by atoms with Crippen molar-refractivity contribution in [3.05, 3.63) is 29.3 Å². The Morgan fingerprint density at radius 2 is 2.33 bits per heavy atom. The number of rotatable bonds is 1. The summed E-state index contributed by atoms with van der Waals surface area (Å²) in [7, 11) is 0. The van der Waals surface area contributed by atoms with Crippen LogP contribution in [-0.2, 0) is 24.2 Å². The van der Waals surface area contributed by atoms with E-state index in [9.17, 15) is 0 Å². The minimum Gasteiger partial charge on any atom is -0.534 e. The summed E-state index contributed by atoms with van der Waals surface area (Å²) in [4.78, 5) is 0. The Kier molecular flexibility index (Phi) is 2.86. The summed E-state index contributed by atoms with van der Waals surface area (Å²) in [6.07, 6.45) is 0.218. The first-order chi connectivity index (χ1) is 5.27. The predicted octanol–water partition coefficient (Wildman–Crippen LogP) is 1.57. The molecule has 12 heavy (non-hydrogen) atoms. The fourth-order valence-electron chi connectivity index (χ4n) is 1.14. The van der Waals surface area contributed by atoms with Crippen LogP contribution in [0.5, 0.6) is 5.75 Å². The fraction of sp³-hybridized carbons (Fsp3) is 0.333. The molecule has 2 rings (SSSR count). The van der Waals surface area contributed by atoms with Gasteiger partial charge in [-0.25, -0.2) is 0 Å². The zero-order chi connectivity index (χ0) is 7.84. The van der Waals surface area contributed by atoms with Gasteiger partial charge >= 0.3 is 0 Å². The molecule has 1 fully saturated rings. The first-order valence-corrected chi connectivity index (χ1v) is 3.60. The first kappa shape index (κ1) is 9.69. The third-order valence-electron chi connectivity index (χ3n) is 1.86. The summed E-state index contributed by atoms with van der Waals surface area (Å²) >= 11 is 0. The van der Waals surface area contributed by atoms with Gasteiger partial charge in [-0.15, -0.1) is 17.7 Å². The number of phenolic OH excluding ortho intramolecular Hbond substituents is 1. The Bertz CT molecular complexity index is 282. The molecule has 1 aromatic rings. The van der Waals surface area contributed by atoms with Crippen LogP contribution in [0.15, 0.2) is 12.1 Å². The topological polar surface area (TPSA) is 32.8 Å². The van der Waals surface area contributed by atoms with Crippen LogP contribution in [-0.4, -0.2) is 11.7 Å². The second-order valence-corrected chi connectivity index (χ2v) is 2.78. The molecule has 2 nitrogen and oxygen atoms in total. The minimum atomic E-state index is 0. The van der Waals surface area contributed by atoms with Crippen molar-refractivity contribution in [3.63, 3.8) is 0 Å². The van der Waals surface area contributed by atoms with Crippen molar-refractivity contribution < 1.29 is 29.3 Å². The minimum absolute atomic E-state index is 0. The van der Waals surface area contributed by atoms with Gasteiger partial charge < -0.3 is 9.84 Å². The largest absolute Gasteiger partial charge is 0.534 e. The quantitative estimate of drug-likeness (QED) is 0.437. The molecule has 1 aliphatic heterocycles. The molecule has 0 bridgehead atoms. The maximum absolute atomic E-state index is 9.10. The van der Waals surface area contributed by atoms with Gasteiger partial charge in [0.05, 0.1) is 12.7 Å². The van der Waals surface area contributed by atoms with Crippen molar-refractivity contribution in [2.75, 3.05) is 6.61 Å². The van der Waals surface area contributed by atoms with E-state index in [4.69, 9.17) is 9.84 Å². The van der Waals surface area contributed by atoms with Crippen LogP contribution >= 0.6 is 0 Å². The standard InChI is InChI=1S/C9H9O2.Zn/c1-6-2-3-7(10)4-8(6)9-5-11-9;/h2,4,9-10H,5H2,1H3;/q-1;. The van der Waals surface area contributed by atoms with Gasteiger partial charge in [-0.1, -0.05) is 6.92 Å². The van der Waals surface area contributed by atoms with Crippen molar-refractivity contribution in [3.8, 4) is 5.75 Å². The molecule has 1 aliphatic rings. The van der Waals surface area contributed by atoms with Crippen molar-refractivity contribution in [1.29, 1.82) is 0 Å². The Labute approximate surface area is 84.3 Å². The van der Waals surface area contributed by atoms with E-state index in [2.05, 4.69) is 6.07 Å². The monoisotopic (exact) mass is 213 g/mol. The molecular weight excluding hydrogens is 205 g/mol. The van der Waals surface area contributed by atoms with Crippen LogP contribution in [0.2, 0.25) is 0 Å². The molecule has 0 spiro atoms. The molecule has 60 valence electrons. The second-order valence-electron chi connectivity index (χ2n) is 2.78. The maximum atomic E-state index is 9.10. The van der Waals surface area contributed by atoms with Crippen LogP contribution in [0, 0.1) is 13.0 Å². The number of benzene rings is 1. The molecule has 1 aromatic carbocycles. The van der Waals surface area contributed by atoms with Gasteiger partial charge in [0, 0.05) is 25.2 Å². The molecule has 0 aliphatic carbocycles. The van der Waals surface area contributed by atoms with E-state index in [-0.39, 0.29) is 31.3 Å². The number of aromatic hydroxyl groups is 1. The van der Waals surface area contributed by atoms with Crippen LogP contribution in [0.3, 0.4) is 0 Å². The van der Waals surface area contributed by atoms with Crippen LogP contribution in [0.25, 0.3) is 0 Å². The van der Waals surface area contributed by atoms with Crippen molar-refractivity contribution in [1.82, 2.24) is 0 Å². The van der Waals surface area contributed by atoms with E-state index >= 15 is 0 Å². The van der Waals surface area contributed by atoms with Gasteiger partial charge in [0.2, 0.25) is 0 Å². The molecule has 0 aromatic heterocycles. The van der Waals surface area contributed by atoms with Gasteiger partial charge in [-0.05, 0) is 0 Å². The molecule has 0 saturated carbocycles. The maximum Gasteiger partial charge on any atom is 0.0845 e. The van der Waals surface area contributed by atoms with Crippen molar-refractivity contribution in [2.45, 2.75) is 13.0 Å². The van der Waals surface area contributed by atoms with Gasteiger partial charge in [0.25, 0.3) is 0 Å². The van der Waals surface area contributed by atoms with E-state index in [1.807, 2.05) is 6.92 Å². The average Bonchev–Trinajstić information content (AvgIpc) is 2.76. The zero-order valence-electron chi connectivity index (χ0n) is 7.00. The number of phenols is 1. The van der Waals surface area contributed by atoms with E-state index in [0.717, 1.165) is 17.7 Å². The molecule has 3 heteroatoms. The number of ether oxygens (including phenoxy) is 1. The Hall–Kier alpha value is -0.397. The van der Waals surface area contributed by atoms with E-state index in [1.54, 1.807) is 12.1 Å². The fourth-order valence-corrected chi connectivity index (χ4v) is 1.14. The Balaban J connectivity index is 0.000000720. The summed E-state index contributed by atoms with van der Waals surface area (Å²) in [5.74, 6) is 0.195. The first-order valence-electron chi connectivity index (χ1n) is 3.60. The van der Waals surface area contributed by atoms with Crippen LogP contribution in [0.1, 0.15) is 17.2 Å². The SMILES string of the molecule is Cc1c[c-]c(O)cc1C1CO1.[Zn]. The molecule has 1 saturated heterocycles. The molecule has 0 radical (unpaired) electrons. The average molecular weight is 215 g/mol. The van der Waals surface area contributed by atoms with Crippen LogP contribution in [0.4, 0.5) is 0 Å². The summed E-state index contributed by atoms with van der Waals surface area (Å²) in [5, 5.41) is 9.10. The number of hydrogen-bond donors (Lipinski definition) is 1. The van der Waals surface area contributed by atoms with Gasteiger partial charge in [0.1, 0.15) is 0 Å². The summed E-state index contributed by atoms with van der Waals surface area (Å²) in [6, 6.07) is 6.22. The third kappa shape index (κ3) is 1.85. The van der Waals surface area contributed by atoms with E-state index in [0.29, 0.717) is 0 Å². The van der Waals surface area contributed by atoms with Gasteiger partial charge in [-0.3, -0.25) is 0 Å². The van der Waals surface area contributed by atoms with Gasteiger partial charge in [-0.2, -0.15) is 11.6 Å². The number of epoxide rings is 1. The molecule has 1 heterocycles. The summed E-state index contributed by atoms with van der Waals surface area (Å²) in [6.45, 7) is 2.78. The smallest absolute Gasteiger partial charge is 0.0845 e. The van der Waals surface area contributed by atoms with Crippen LogP contribution < -0.4 is 0 Å². The normalized spacial score (nSPS) is 19.9. The molecule has 1 atom stereocenters. The van der Waals surface area contributed by atoms with Crippen molar-refractivity contribution in [2.24, 2.45) is 0 Å². The Morgan fingerprint density at radius 3 is 2.92 bits per heavy atom. The van der Waals surface area contributed by atoms with Gasteiger partial charge in [0.15, 0.2) is 0 Å². The number of aryl methyl sites for hydroxylation is 1. The van der Waals surface area contributed by atoms with E-state index in [1.165, 1.54) is 0 Å². The van der Waals surface area contributed by atoms with Crippen molar-refractivity contribution >= 4 is 0 Å². The summed E-state index contributed by atoms with van der Waals surface area (Å²) < 4.78 is 5.11. The molecule has 0 amide bonds. The summed E-state index contributed by atoms with van der Waals surface area (Å²) in [5.41, 5.74) is 2.21. The Morgan fingerprint density at radius 1 is 1.67 bits per heavy atom. The molecule has 1 unspecified atom stereocenters. The predicted molar refractivity (Wildman–Crippen MR) is 40.4 cm³/mol. The third-order valence-corrected chi connectivity index (χ3v) is 1.86. The molecule has 1 N–H and O–H groups in total. The number of hydrogen-bond acceptors (Lipinski definition) is 2. The second kappa shape index (κ2) is 3.55.